The second-order valence-electron chi connectivity index (χ2n) is 8.07. The molecule has 32 heavy (non-hydrogen) atoms. The van der Waals surface area contributed by atoms with Gasteiger partial charge in [0.15, 0.2) is 12.4 Å². The van der Waals surface area contributed by atoms with Crippen molar-refractivity contribution >= 4 is 6.16 Å². The summed E-state index contributed by atoms with van der Waals surface area (Å²) in [5.41, 5.74) is 0.319. The molecule has 0 atom stereocenters. The molecule has 1 aromatic carbocycles. The van der Waals surface area contributed by atoms with E-state index in [0.717, 1.165) is 25.7 Å². The Bertz CT molecular complexity index is 709. The molecule has 0 aromatic heterocycles. The Labute approximate surface area is 191 Å². The van der Waals surface area contributed by atoms with Crippen molar-refractivity contribution < 1.29 is 28.5 Å². The molecular weight excluding hydrogens is 410 g/mol. The van der Waals surface area contributed by atoms with E-state index in [4.69, 9.17) is 23.7 Å². The molecule has 7 heteroatoms. The first-order valence-electron chi connectivity index (χ1n) is 11.9. The standard InChI is InChI=1S/C25H37NO6/c1-3-5-7-9-11-15-28-23-14-13-21(16-20(23)17-26)31-25(27)32-22-18-29-24(30-19-22)12-10-8-6-4-2/h13-14,16,22,24H,3-12,15,18-19H2,1-2H3. The SMILES string of the molecule is CCCCCCCOc1ccc(OC(=O)OC2COC(CCCCCC)OC2)cc1C#N. The Morgan fingerprint density at radius 1 is 1.03 bits per heavy atom. The van der Waals surface area contributed by atoms with E-state index in [-0.39, 0.29) is 25.3 Å². The monoisotopic (exact) mass is 447 g/mol. The summed E-state index contributed by atoms with van der Waals surface area (Å²) in [5.74, 6) is 0.719. The van der Waals surface area contributed by atoms with Crippen molar-refractivity contribution in [1.82, 2.24) is 0 Å². The summed E-state index contributed by atoms with van der Waals surface area (Å²) in [4.78, 5) is 12.1. The lowest BCUT2D eigenvalue weighted by atomic mass is 10.1. The van der Waals surface area contributed by atoms with E-state index in [9.17, 15) is 10.1 Å². The normalized spacial score (nSPS) is 18.0. The molecule has 7 nitrogen and oxygen atoms in total. The minimum Gasteiger partial charge on any atom is -0.492 e. The third-order valence-electron chi connectivity index (χ3n) is 5.27. The highest BCUT2D eigenvalue weighted by Crippen LogP contribution is 2.25. The van der Waals surface area contributed by atoms with Crippen molar-refractivity contribution in [1.29, 1.82) is 5.26 Å². The highest BCUT2D eigenvalue weighted by molar-refractivity contribution is 5.65. The van der Waals surface area contributed by atoms with Gasteiger partial charge in [-0.25, -0.2) is 4.79 Å². The van der Waals surface area contributed by atoms with Crippen LogP contribution in [0, 0.1) is 11.3 Å². The van der Waals surface area contributed by atoms with Crippen molar-refractivity contribution in [2.45, 2.75) is 90.4 Å². The van der Waals surface area contributed by atoms with Gasteiger partial charge in [-0.15, -0.1) is 0 Å². The molecule has 1 aliphatic rings. The molecule has 1 aromatic rings. The molecule has 0 unspecified atom stereocenters. The second-order valence-corrected chi connectivity index (χ2v) is 8.07. The summed E-state index contributed by atoms with van der Waals surface area (Å²) in [5, 5.41) is 9.39. The highest BCUT2D eigenvalue weighted by atomic mass is 16.8. The summed E-state index contributed by atoms with van der Waals surface area (Å²) in [6.45, 7) is 5.47. The molecule has 0 amide bonds. The van der Waals surface area contributed by atoms with Crippen LogP contribution in [-0.2, 0) is 14.2 Å². The van der Waals surface area contributed by atoms with Gasteiger partial charge in [-0.1, -0.05) is 58.8 Å². The minimum atomic E-state index is -0.850. The smallest absolute Gasteiger partial charge is 0.492 e. The van der Waals surface area contributed by atoms with Gasteiger partial charge in [0.05, 0.1) is 25.4 Å². The van der Waals surface area contributed by atoms with Gasteiger partial charge in [-0.2, -0.15) is 5.26 Å². The van der Waals surface area contributed by atoms with Crippen molar-refractivity contribution in [3.63, 3.8) is 0 Å². The van der Waals surface area contributed by atoms with Crippen LogP contribution in [0.2, 0.25) is 0 Å². The second kappa shape index (κ2) is 15.5. The van der Waals surface area contributed by atoms with E-state index in [1.54, 1.807) is 12.1 Å². The van der Waals surface area contributed by atoms with Crippen LogP contribution in [0.3, 0.4) is 0 Å². The van der Waals surface area contributed by atoms with Gasteiger partial charge in [0.1, 0.15) is 17.6 Å². The number of hydrogen-bond acceptors (Lipinski definition) is 7. The minimum absolute atomic E-state index is 0.230. The van der Waals surface area contributed by atoms with Crippen LogP contribution in [0.25, 0.3) is 0 Å². The molecule has 0 spiro atoms. The van der Waals surface area contributed by atoms with Gasteiger partial charge in [0.2, 0.25) is 0 Å². The largest absolute Gasteiger partial charge is 0.514 e. The van der Waals surface area contributed by atoms with E-state index < -0.39 is 12.3 Å². The van der Waals surface area contributed by atoms with Crippen LogP contribution in [0.15, 0.2) is 18.2 Å². The fourth-order valence-corrected chi connectivity index (χ4v) is 3.43. The number of hydrogen-bond donors (Lipinski definition) is 0. The summed E-state index contributed by atoms with van der Waals surface area (Å²) >= 11 is 0. The van der Waals surface area contributed by atoms with Crippen molar-refractivity contribution in [2.24, 2.45) is 0 Å². The van der Waals surface area contributed by atoms with Gasteiger partial charge in [0.25, 0.3) is 0 Å². The molecule has 0 radical (unpaired) electrons. The van der Waals surface area contributed by atoms with E-state index in [2.05, 4.69) is 19.9 Å². The molecule has 0 saturated carbocycles. The lowest BCUT2D eigenvalue weighted by molar-refractivity contribution is -0.220. The average molecular weight is 448 g/mol. The summed E-state index contributed by atoms with van der Waals surface area (Å²) in [6, 6.07) is 6.80. The molecule has 0 N–H and O–H groups in total. The maximum absolute atomic E-state index is 12.1. The first kappa shape index (κ1) is 26.0. The quantitative estimate of drug-likeness (QED) is 0.192. The Morgan fingerprint density at radius 3 is 2.41 bits per heavy atom. The number of nitriles is 1. The molecule has 0 aliphatic carbocycles. The Kier molecular flexibility index (Phi) is 12.6. The van der Waals surface area contributed by atoms with Gasteiger partial charge >= 0.3 is 6.16 Å². The molecule has 178 valence electrons. The zero-order chi connectivity index (χ0) is 23.0. The van der Waals surface area contributed by atoms with Crippen LogP contribution in [0.4, 0.5) is 4.79 Å². The highest BCUT2D eigenvalue weighted by Gasteiger charge is 2.25. The fraction of sp³-hybridized carbons (Fsp3) is 0.680. The van der Waals surface area contributed by atoms with Gasteiger partial charge in [0, 0.05) is 6.07 Å². The molecule has 1 saturated heterocycles. The number of unbranched alkanes of at least 4 members (excludes halogenated alkanes) is 7. The van der Waals surface area contributed by atoms with Gasteiger partial charge < -0.3 is 23.7 Å². The van der Waals surface area contributed by atoms with Crippen LogP contribution >= 0.6 is 0 Å². The lowest BCUT2D eigenvalue weighted by Gasteiger charge is -2.28. The number of rotatable bonds is 14. The topological polar surface area (TPSA) is 87.0 Å². The van der Waals surface area contributed by atoms with Crippen LogP contribution < -0.4 is 9.47 Å². The number of ether oxygens (including phenoxy) is 5. The van der Waals surface area contributed by atoms with Crippen LogP contribution in [-0.4, -0.2) is 38.4 Å². The lowest BCUT2D eigenvalue weighted by Crippen LogP contribution is -2.39. The molecule has 2 rings (SSSR count). The van der Waals surface area contributed by atoms with E-state index >= 15 is 0 Å². The Morgan fingerprint density at radius 2 is 1.72 bits per heavy atom. The third kappa shape index (κ3) is 9.88. The molecular formula is C25H37NO6. The summed E-state index contributed by atoms with van der Waals surface area (Å²) < 4.78 is 27.5. The summed E-state index contributed by atoms with van der Waals surface area (Å²) in [6.07, 6.45) is 9.55. The number of nitrogens with zero attached hydrogens (tertiary/aromatic N) is 1. The Balaban J connectivity index is 1.71. The van der Waals surface area contributed by atoms with Crippen LogP contribution in [0.5, 0.6) is 11.5 Å². The van der Waals surface area contributed by atoms with Crippen molar-refractivity contribution in [2.75, 3.05) is 19.8 Å². The summed E-state index contributed by atoms with van der Waals surface area (Å²) in [7, 11) is 0. The fourth-order valence-electron chi connectivity index (χ4n) is 3.43. The van der Waals surface area contributed by atoms with Crippen molar-refractivity contribution in [3.8, 4) is 17.6 Å². The maximum atomic E-state index is 12.1. The molecule has 1 heterocycles. The zero-order valence-corrected chi connectivity index (χ0v) is 19.5. The number of carbonyl (C=O) groups excluding carboxylic acids is 1. The van der Waals surface area contributed by atoms with Gasteiger partial charge in [-0.05, 0) is 31.4 Å². The Hall–Kier alpha value is -2.30. The van der Waals surface area contributed by atoms with Gasteiger partial charge in [-0.3, -0.25) is 0 Å². The van der Waals surface area contributed by atoms with Crippen molar-refractivity contribution in [3.05, 3.63) is 23.8 Å². The molecule has 1 fully saturated rings. The van der Waals surface area contributed by atoms with Crippen LogP contribution in [0.1, 0.15) is 83.6 Å². The predicted octanol–water partition coefficient (Wildman–Crippen LogP) is 6.13. The average Bonchev–Trinajstić information content (AvgIpc) is 2.80. The maximum Gasteiger partial charge on any atom is 0.514 e. The van der Waals surface area contributed by atoms with E-state index in [1.165, 1.54) is 44.6 Å². The third-order valence-corrected chi connectivity index (χ3v) is 5.27. The first-order chi connectivity index (χ1) is 15.7. The first-order valence-corrected chi connectivity index (χ1v) is 11.9. The zero-order valence-electron chi connectivity index (χ0n) is 19.5. The number of carbonyl (C=O) groups is 1. The predicted molar refractivity (Wildman–Crippen MR) is 121 cm³/mol. The molecule has 0 bridgehead atoms. The van der Waals surface area contributed by atoms with E-state index in [0.29, 0.717) is 17.9 Å². The molecule has 1 aliphatic heterocycles. The van der Waals surface area contributed by atoms with E-state index in [1.807, 2.05) is 0 Å². The number of benzene rings is 1.